The number of para-hydroxylation sites is 1. The molecule has 3 aromatic heterocycles. The van der Waals surface area contributed by atoms with Gasteiger partial charge in [-0.25, -0.2) is 19.9 Å². The predicted molar refractivity (Wildman–Crippen MR) is 247 cm³/mol. The van der Waals surface area contributed by atoms with Crippen molar-refractivity contribution in [2.24, 2.45) is 0 Å². The monoisotopic (exact) mass is 785 g/mol. The van der Waals surface area contributed by atoms with Gasteiger partial charge in [0.05, 0.1) is 11.0 Å². The Labute approximate surface area is 353 Å². The lowest BCUT2D eigenvalue weighted by molar-refractivity contribution is 0.618. The van der Waals surface area contributed by atoms with E-state index in [4.69, 9.17) is 24.4 Å². The molecular formula is C55H39N5O. The van der Waals surface area contributed by atoms with Crippen LogP contribution in [0.3, 0.4) is 0 Å². The fourth-order valence-corrected chi connectivity index (χ4v) is 9.50. The third kappa shape index (κ3) is 5.70. The summed E-state index contributed by atoms with van der Waals surface area (Å²) in [4.78, 5) is 20.1. The predicted octanol–water partition coefficient (Wildman–Crippen LogP) is 13.7. The van der Waals surface area contributed by atoms with Gasteiger partial charge in [-0.1, -0.05) is 141 Å². The van der Waals surface area contributed by atoms with Crippen molar-refractivity contribution in [1.29, 1.82) is 0 Å². The molecule has 7 aromatic carbocycles. The van der Waals surface area contributed by atoms with Gasteiger partial charge in [-0.05, 0) is 88.8 Å². The zero-order valence-electron chi connectivity index (χ0n) is 33.7. The Morgan fingerprint density at radius 2 is 1.26 bits per heavy atom. The maximum atomic E-state index is 6.61. The Kier molecular flexibility index (Phi) is 7.91. The molecular weight excluding hydrogens is 747 g/mol. The summed E-state index contributed by atoms with van der Waals surface area (Å²) >= 11 is 0. The van der Waals surface area contributed by atoms with Crippen LogP contribution >= 0.6 is 0 Å². The molecule has 3 heterocycles. The average Bonchev–Trinajstić information content (AvgIpc) is 3.98. The van der Waals surface area contributed by atoms with Crippen molar-refractivity contribution in [3.05, 3.63) is 199 Å². The highest BCUT2D eigenvalue weighted by atomic mass is 16.3. The standard InChI is InChI=1S/C55H39N5O/c1-55(2)44-27-25-37(33-43(44)49-45(55)28-29-46-50(49)61-54(56-46)36-19-10-5-11-20-36)38-26-30-48-42(32-38)41-23-12-13-24-47(41)60(48)40-22-14-21-39(31-40)53-58-51(34-15-6-3-7-16-34)57-52(59-53)35-17-8-4-9-18-35/h3-17,19-33,35H,18H2,1-2H3. The molecule has 1 atom stereocenters. The molecule has 1 unspecified atom stereocenters. The van der Waals surface area contributed by atoms with Gasteiger partial charge in [0.25, 0.3) is 0 Å². The van der Waals surface area contributed by atoms with E-state index >= 15 is 0 Å². The van der Waals surface area contributed by atoms with Crippen LogP contribution < -0.4 is 0 Å². The van der Waals surface area contributed by atoms with Crippen molar-refractivity contribution in [2.75, 3.05) is 0 Å². The van der Waals surface area contributed by atoms with Crippen LogP contribution in [0.1, 0.15) is 43.1 Å². The van der Waals surface area contributed by atoms with Gasteiger partial charge in [0.15, 0.2) is 17.2 Å². The molecule has 2 aliphatic carbocycles. The van der Waals surface area contributed by atoms with Crippen molar-refractivity contribution >= 4 is 32.9 Å². The Morgan fingerprint density at radius 3 is 2.08 bits per heavy atom. The minimum absolute atomic E-state index is 0.0893. The molecule has 0 saturated carbocycles. The average molecular weight is 786 g/mol. The molecule has 0 aliphatic heterocycles. The first-order valence-electron chi connectivity index (χ1n) is 20.9. The summed E-state index contributed by atoms with van der Waals surface area (Å²) in [5, 5.41) is 2.39. The first-order valence-corrected chi connectivity index (χ1v) is 20.9. The molecule has 0 amide bonds. The van der Waals surface area contributed by atoms with E-state index < -0.39 is 0 Å². The highest BCUT2D eigenvalue weighted by Crippen LogP contribution is 2.52. The summed E-state index contributed by atoms with van der Waals surface area (Å²) < 4.78 is 8.97. The number of nitrogens with zero attached hydrogens (tertiary/aromatic N) is 5. The van der Waals surface area contributed by atoms with Crippen LogP contribution in [0.25, 0.3) is 95.1 Å². The van der Waals surface area contributed by atoms with E-state index in [1.807, 2.05) is 48.5 Å². The van der Waals surface area contributed by atoms with Crippen molar-refractivity contribution < 1.29 is 4.42 Å². The maximum Gasteiger partial charge on any atom is 0.227 e. The highest BCUT2D eigenvalue weighted by molar-refractivity contribution is 6.10. The molecule has 6 nitrogen and oxygen atoms in total. The van der Waals surface area contributed by atoms with E-state index in [2.05, 4.69) is 152 Å². The SMILES string of the molecule is CC1(C)c2ccc(-c3ccc4c(c3)c3ccccc3n4-c3cccc(-c4nc(-c5ccccc5)nc(C5C=CC=CC5)n4)c3)cc2-c2c1ccc1nc(-c3ccccc3)oc21. The van der Waals surface area contributed by atoms with Gasteiger partial charge in [0.2, 0.25) is 5.89 Å². The number of benzene rings is 7. The van der Waals surface area contributed by atoms with Crippen LogP contribution in [0.2, 0.25) is 0 Å². The lowest BCUT2D eigenvalue weighted by Gasteiger charge is -2.21. The van der Waals surface area contributed by atoms with E-state index in [0.717, 1.165) is 73.4 Å². The Balaban J connectivity index is 0.970. The Morgan fingerprint density at radius 1 is 0.557 bits per heavy atom. The van der Waals surface area contributed by atoms with Crippen LogP contribution in [-0.4, -0.2) is 24.5 Å². The highest BCUT2D eigenvalue weighted by Gasteiger charge is 2.38. The summed E-state index contributed by atoms with van der Waals surface area (Å²) in [6, 6.07) is 55.7. The van der Waals surface area contributed by atoms with Gasteiger partial charge in [-0.15, -0.1) is 0 Å². The first-order chi connectivity index (χ1) is 30.0. The van der Waals surface area contributed by atoms with E-state index in [1.54, 1.807) is 0 Å². The molecule has 2 aliphatic rings. The van der Waals surface area contributed by atoms with Crippen molar-refractivity contribution in [3.8, 4) is 62.2 Å². The minimum atomic E-state index is -0.181. The summed E-state index contributed by atoms with van der Waals surface area (Å²) in [6.07, 6.45) is 9.37. The lowest BCUT2D eigenvalue weighted by Crippen LogP contribution is -2.14. The first kappa shape index (κ1) is 35.3. The van der Waals surface area contributed by atoms with Crippen LogP contribution in [0.15, 0.2) is 186 Å². The van der Waals surface area contributed by atoms with Crippen molar-refractivity contribution in [2.45, 2.75) is 31.6 Å². The number of hydrogen-bond donors (Lipinski definition) is 0. The fourth-order valence-electron chi connectivity index (χ4n) is 9.50. The van der Waals surface area contributed by atoms with Gasteiger partial charge in [0, 0.05) is 50.0 Å². The summed E-state index contributed by atoms with van der Waals surface area (Å²) in [7, 11) is 0. The molecule has 6 heteroatoms. The maximum absolute atomic E-state index is 6.61. The van der Waals surface area contributed by atoms with Gasteiger partial charge in [-0.2, -0.15) is 0 Å². The van der Waals surface area contributed by atoms with Gasteiger partial charge < -0.3 is 8.98 Å². The molecule has 61 heavy (non-hydrogen) atoms. The van der Waals surface area contributed by atoms with Gasteiger partial charge in [-0.3, -0.25) is 0 Å². The molecule has 0 spiro atoms. The molecule has 12 rings (SSSR count). The number of aromatic nitrogens is 5. The van der Waals surface area contributed by atoms with E-state index in [0.29, 0.717) is 17.5 Å². The smallest absolute Gasteiger partial charge is 0.227 e. The lowest BCUT2D eigenvalue weighted by atomic mass is 9.82. The number of oxazole rings is 1. The Bertz CT molecular complexity index is 3430. The van der Waals surface area contributed by atoms with Crippen molar-refractivity contribution in [3.63, 3.8) is 0 Å². The fraction of sp³-hybridized carbons (Fsp3) is 0.0909. The van der Waals surface area contributed by atoms with E-state index in [-0.39, 0.29) is 11.3 Å². The molecule has 0 fully saturated rings. The number of allylic oxidation sites excluding steroid dienone is 4. The van der Waals surface area contributed by atoms with Gasteiger partial charge >= 0.3 is 0 Å². The van der Waals surface area contributed by atoms with Crippen molar-refractivity contribution in [1.82, 2.24) is 24.5 Å². The molecule has 0 radical (unpaired) electrons. The summed E-state index contributed by atoms with van der Waals surface area (Å²) in [6.45, 7) is 4.61. The largest absolute Gasteiger partial charge is 0.435 e. The molecule has 0 bridgehead atoms. The third-order valence-electron chi connectivity index (χ3n) is 12.6. The number of fused-ring (bicyclic) bond motifs is 8. The van der Waals surface area contributed by atoms with Gasteiger partial charge in [0.1, 0.15) is 11.3 Å². The zero-order chi connectivity index (χ0) is 40.7. The second-order valence-corrected chi connectivity index (χ2v) is 16.6. The quantitative estimate of drug-likeness (QED) is 0.168. The Hall–Kier alpha value is -7.70. The van der Waals surface area contributed by atoms with Crippen LogP contribution in [0, 0.1) is 0 Å². The number of rotatable bonds is 6. The topological polar surface area (TPSA) is 69.6 Å². The summed E-state index contributed by atoms with van der Waals surface area (Å²) in [5.41, 5.74) is 14.9. The second-order valence-electron chi connectivity index (χ2n) is 16.6. The molecule has 290 valence electrons. The molecule has 0 N–H and O–H groups in total. The summed E-state index contributed by atoms with van der Waals surface area (Å²) in [5.74, 6) is 2.85. The minimum Gasteiger partial charge on any atom is -0.435 e. The van der Waals surface area contributed by atoms with Crippen LogP contribution in [0.5, 0.6) is 0 Å². The third-order valence-corrected chi connectivity index (χ3v) is 12.6. The molecule has 10 aromatic rings. The normalized spacial score (nSPS) is 15.1. The van der Waals surface area contributed by atoms with Crippen LogP contribution in [0.4, 0.5) is 0 Å². The zero-order valence-corrected chi connectivity index (χ0v) is 33.7. The van der Waals surface area contributed by atoms with Crippen LogP contribution in [-0.2, 0) is 5.41 Å². The van der Waals surface area contributed by atoms with E-state index in [1.165, 1.54) is 27.5 Å². The second kappa shape index (κ2) is 13.7. The number of hydrogen-bond acceptors (Lipinski definition) is 5. The van der Waals surface area contributed by atoms with E-state index in [9.17, 15) is 0 Å². The molecule has 0 saturated heterocycles.